The second kappa shape index (κ2) is 5.95. The second-order valence-corrected chi connectivity index (χ2v) is 13.9. The van der Waals surface area contributed by atoms with E-state index in [0.29, 0.717) is 33.5 Å². The third kappa shape index (κ3) is 2.19. The summed E-state index contributed by atoms with van der Waals surface area (Å²) >= 11 is 0. The van der Waals surface area contributed by atoms with Gasteiger partial charge < -0.3 is 0 Å². The third-order valence-electron chi connectivity index (χ3n) is 13.1. The molecule has 6 aliphatic rings. The Balaban J connectivity index is 1.38. The van der Waals surface area contributed by atoms with E-state index in [1.807, 2.05) is 0 Å². The first kappa shape index (κ1) is 20.3. The summed E-state index contributed by atoms with van der Waals surface area (Å²) in [5, 5.41) is 0. The molecular weight excluding hydrogens is 366 g/mol. The van der Waals surface area contributed by atoms with Crippen LogP contribution in [0.2, 0.25) is 0 Å². The minimum atomic E-state index is -0.113. The van der Waals surface area contributed by atoms with Crippen molar-refractivity contribution in [2.75, 3.05) is 13.1 Å². The van der Waals surface area contributed by atoms with Gasteiger partial charge in [0.05, 0.1) is 0 Å². The summed E-state index contributed by atoms with van der Waals surface area (Å²) in [6.07, 6.45) is 14.9. The van der Waals surface area contributed by atoms with Crippen molar-refractivity contribution in [1.82, 2.24) is 4.90 Å². The fourth-order valence-electron chi connectivity index (χ4n) is 11.4. The van der Waals surface area contributed by atoms with Gasteiger partial charge in [-0.1, -0.05) is 41.0 Å². The van der Waals surface area contributed by atoms with E-state index in [4.69, 9.17) is 0 Å². The Bertz CT molecular complexity index is 769. The minimum absolute atomic E-state index is 0.113. The summed E-state index contributed by atoms with van der Waals surface area (Å²) in [5.74, 6) is 3.85. The average molecular weight is 412 g/mol. The van der Waals surface area contributed by atoms with E-state index in [-0.39, 0.29) is 5.41 Å². The third-order valence-corrected chi connectivity index (χ3v) is 13.1. The molecule has 6 rings (SSSR count). The summed E-state index contributed by atoms with van der Waals surface area (Å²) in [6.45, 7) is 15.4. The van der Waals surface area contributed by atoms with Gasteiger partial charge in [0.1, 0.15) is 5.78 Å². The van der Waals surface area contributed by atoms with Gasteiger partial charge in [-0.05, 0) is 97.7 Å². The topological polar surface area (TPSA) is 20.1 Å². The normalized spacial score (nSPS) is 57.2. The monoisotopic (exact) mass is 411 g/mol. The van der Waals surface area contributed by atoms with E-state index in [0.717, 1.165) is 30.6 Å². The number of nitrogens with zero attached hydrogens (tertiary/aromatic N) is 1. The number of carbonyl (C=O) groups excluding carboxylic acids is 1. The highest BCUT2D eigenvalue weighted by atomic mass is 16.1. The molecule has 0 N–H and O–H groups in total. The van der Waals surface area contributed by atoms with E-state index in [2.05, 4.69) is 39.5 Å². The number of carbonyl (C=O) groups is 1. The fraction of sp³-hybridized carbons (Fsp3) is 0.964. The molecule has 0 spiro atoms. The molecule has 30 heavy (non-hydrogen) atoms. The summed E-state index contributed by atoms with van der Waals surface area (Å²) in [7, 11) is 0. The molecule has 8 atom stereocenters. The standard InChI is InChI=1S/C28H45NO/c1-24(2)21-10-14-27(5)22(25(21,3)13-11-23(24)30)9-8-19-20-7-6-12-28(20,29-17-18-29)16-15-26(19,27)4/h19-22H,6-18H2,1-5H3/t19-,20-,21?,22?,25+,26-,27-,28+/m1/s1. The Morgan fingerprint density at radius 3 is 2.23 bits per heavy atom. The van der Waals surface area contributed by atoms with Crippen molar-refractivity contribution in [1.29, 1.82) is 0 Å². The van der Waals surface area contributed by atoms with Crippen LogP contribution in [0.25, 0.3) is 0 Å². The van der Waals surface area contributed by atoms with Crippen molar-refractivity contribution in [3.05, 3.63) is 0 Å². The first-order valence-electron chi connectivity index (χ1n) is 13.4. The van der Waals surface area contributed by atoms with Crippen molar-refractivity contribution < 1.29 is 4.79 Å². The zero-order valence-electron chi connectivity index (χ0n) is 20.4. The lowest BCUT2D eigenvalue weighted by Crippen LogP contribution is -2.67. The zero-order valence-corrected chi connectivity index (χ0v) is 20.4. The van der Waals surface area contributed by atoms with Gasteiger partial charge in [-0.3, -0.25) is 9.69 Å². The summed E-state index contributed by atoms with van der Waals surface area (Å²) in [5.41, 5.74) is 1.81. The van der Waals surface area contributed by atoms with Gasteiger partial charge in [0, 0.05) is 30.5 Å². The number of ketones is 1. The van der Waals surface area contributed by atoms with E-state index in [9.17, 15) is 4.79 Å². The molecule has 1 saturated heterocycles. The van der Waals surface area contributed by atoms with Crippen LogP contribution in [-0.2, 0) is 4.79 Å². The molecule has 2 nitrogen and oxygen atoms in total. The van der Waals surface area contributed by atoms with Crippen molar-refractivity contribution >= 4 is 5.78 Å². The first-order valence-corrected chi connectivity index (χ1v) is 13.4. The second-order valence-electron chi connectivity index (χ2n) is 13.9. The van der Waals surface area contributed by atoms with Crippen molar-refractivity contribution in [3.8, 4) is 0 Å². The highest BCUT2D eigenvalue weighted by Gasteiger charge is 2.70. The lowest BCUT2D eigenvalue weighted by Gasteiger charge is -2.72. The fourth-order valence-corrected chi connectivity index (χ4v) is 11.4. The van der Waals surface area contributed by atoms with Gasteiger partial charge in [-0.2, -0.15) is 0 Å². The first-order chi connectivity index (χ1) is 14.1. The molecule has 0 aromatic heterocycles. The zero-order chi connectivity index (χ0) is 21.2. The van der Waals surface area contributed by atoms with Gasteiger partial charge >= 0.3 is 0 Å². The molecule has 5 aliphatic carbocycles. The lowest BCUT2D eigenvalue weighted by molar-refractivity contribution is -0.229. The molecule has 1 aliphatic heterocycles. The van der Waals surface area contributed by atoms with Gasteiger partial charge in [-0.15, -0.1) is 0 Å². The van der Waals surface area contributed by atoms with Crippen molar-refractivity contribution in [2.24, 2.45) is 45.3 Å². The van der Waals surface area contributed by atoms with Crippen LogP contribution in [0.15, 0.2) is 0 Å². The quantitative estimate of drug-likeness (QED) is 0.460. The van der Waals surface area contributed by atoms with Crippen LogP contribution in [0.5, 0.6) is 0 Å². The predicted molar refractivity (Wildman–Crippen MR) is 122 cm³/mol. The summed E-state index contributed by atoms with van der Waals surface area (Å²) < 4.78 is 0. The van der Waals surface area contributed by atoms with Crippen LogP contribution >= 0.6 is 0 Å². The molecule has 0 amide bonds. The Labute approximate surface area is 184 Å². The highest BCUT2D eigenvalue weighted by Crippen LogP contribution is 2.76. The van der Waals surface area contributed by atoms with Crippen LogP contribution in [0.1, 0.15) is 105 Å². The molecule has 0 aromatic carbocycles. The maximum Gasteiger partial charge on any atom is 0.138 e. The molecule has 0 radical (unpaired) electrons. The molecule has 2 heteroatoms. The molecule has 168 valence electrons. The molecule has 5 saturated carbocycles. The number of hydrogen-bond donors (Lipinski definition) is 0. The molecule has 0 aromatic rings. The Morgan fingerprint density at radius 1 is 0.733 bits per heavy atom. The Hall–Kier alpha value is -0.370. The number of hydrogen-bond acceptors (Lipinski definition) is 2. The summed E-state index contributed by atoms with van der Waals surface area (Å²) in [6, 6.07) is 0. The predicted octanol–water partition coefficient (Wildman–Crippen LogP) is 6.48. The smallest absolute Gasteiger partial charge is 0.138 e. The van der Waals surface area contributed by atoms with Gasteiger partial charge in [0.15, 0.2) is 0 Å². The number of Topliss-reactive ketones (excluding diaryl/α,β-unsaturated/α-hetero) is 1. The van der Waals surface area contributed by atoms with Crippen molar-refractivity contribution in [2.45, 2.75) is 111 Å². The largest absolute Gasteiger partial charge is 0.299 e. The van der Waals surface area contributed by atoms with Crippen LogP contribution < -0.4 is 0 Å². The van der Waals surface area contributed by atoms with E-state index >= 15 is 0 Å². The molecular formula is C28H45NO. The van der Waals surface area contributed by atoms with Gasteiger partial charge in [0.2, 0.25) is 0 Å². The van der Waals surface area contributed by atoms with Crippen molar-refractivity contribution in [3.63, 3.8) is 0 Å². The Kier molecular flexibility index (Phi) is 4.01. The maximum absolute atomic E-state index is 12.9. The summed E-state index contributed by atoms with van der Waals surface area (Å²) in [4.78, 5) is 15.8. The molecule has 6 fully saturated rings. The van der Waals surface area contributed by atoms with Gasteiger partial charge in [-0.25, -0.2) is 0 Å². The van der Waals surface area contributed by atoms with Gasteiger partial charge in [0.25, 0.3) is 0 Å². The highest BCUT2D eigenvalue weighted by molar-refractivity contribution is 5.85. The van der Waals surface area contributed by atoms with Crippen LogP contribution in [-0.4, -0.2) is 29.3 Å². The number of rotatable bonds is 1. The van der Waals surface area contributed by atoms with E-state index in [1.165, 1.54) is 70.9 Å². The van der Waals surface area contributed by atoms with Crippen LogP contribution in [0, 0.1) is 45.3 Å². The SMILES string of the molecule is CC1(C)C(=O)CC[C@@]2(C)C1CC[C@]1(C)C2CC[C@@H]2[C@H]3CCC[C@]3(N3CC3)CC[C@]21C. The van der Waals surface area contributed by atoms with E-state index < -0.39 is 0 Å². The maximum atomic E-state index is 12.9. The minimum Gasteiger partial charge on any atom is -0.299 e. The lowest BCUT2D eigenvalue weighted by atomic mass is 9.33. The Morgan fingerprint density at radius 2 is 1.50 bits per heavy atom. The average Bonchev–Trinajstić information content (AvgIpc) is 3.46. The van der Waals surface area contributed by atoms with Crippen LogP contribution in [0.3, 0.4) is 0 Å². The molecule has 0 bridgehead atoms. The van der Waals surface area contributed by atoms with Crippen LogP contribution in [0.4, 0.5) is 0 Å². The molecule has 1 heterocycles. The van der Waals surface area contributed by atoms with E-state index in [1.54, 1.807) is 0 Å². The number of fused-ring (bicyclic) bond motifs is 7. The molecule has 2 unspecified atom stereocenters.